The second kappa shape index (κ2) is 8.80. The molecule has 2 N–H and O–H groups in total. The van der Waals surface area contributed by atoms with Crippen molar-refractivity contribution in [2.24, 2.45) is 0 Å². The van der Waals surface area contributed by atoms with E-state index in [1.54, 1.807) is 13.3 Å². The van der Waals surface area contributed by atoms with E-state index in [0.717, 1.165) is 29.8 Å². The van der Waals surface area contributed by atoms with Crippen LogP contribution in [0.25, 0.3) is 0 Å². The number of anilines is 3. The molecule has 0 atom stereocenters. The van der Waals surface area contributed by atoms with Crippen molar-refractivity contribution in [3.8, 4) is 5.75 Å². The molecule has 0 fully saturated rings. The smallest absolute Gasteiger partial charge is 0.244 e. The predicted molar refractivity (Wildman–Crippen MR) is 104 cm³/mol. The number of nitrogens with one attached hydrogen (secondary N) is 2. The minimum absolute atomic E-state index is 0.495. The van der Waals surface area contributed by atoms with Crippen LogP contribution in [0.1, 0.15) is 18.1 Å². The molecule has 0 saturated heterocycles. The number of aryl methyl sites for hydroxylation is 1. The van der Waals surface area contributed by atoms with Gasteiger partial charge < -0.3 is 15.4 Å². The number of aromatic nitrogens is 3. The summed E-state index contributed by atoms with van der Waals surface area (Å²) in [6, 6.07) is 16.3. The zero-order valence-corrected chi connectivity index (χ0v) is 15.1. The maximum atomic E-state index is 5.37. The first-order chi connectivity index (χ1) is 12.8. The lowest BCUT2D eigenvalue weighted by atomic mass is 10.1. The van der Waals surface area contributed by atoms with Crippen molar-refractivity contribution in [3.63, 3.8) is 0 Å². The van der Waals surface area contributed by atoms with Gasteiger partial charge in [0.25, 0.3) is 0 Å². The maximum absolute atomic E-state index is 5.37. The first-order valence-electron chi connectivity index (χ1n) is 8.70. The van der Waals surface area contributed by atoms with Gasteiger partial charge in [-0.2, -0.15) is 10.1 Å². The Labute approximate surface area is 153 Å². The Morgan fingerprint density at radius 3 is 2.62 bits per heavy atom. The number of rotatable bonds is 8. The molecule has 3 rings (SSSR count). The van der Waals surface area contributed by atoms with Gasteiger partial charge in [0.05, 0.1) is 13.3 Å². The molecule has 0 aliphatic rings. The molecule has 1 heterocycles. The lowest BCUT2D eigenvalue weighted by molar-refractivity contribution is 0.410. The zero-order valence-electron chi connectivity index (χ0n) is 15.1. The molecule has 0 aliphatic heterocycles. The fourth-order valence-corrected chi connectivity index (χ4v) is 2.63. The Bertz CT molecular complexity index is 836. The molecular weight excluding hydrogens is 326 g/mol. The van der Waals surface area contributed by atoms with Crippen LogP contribution in [-0.4, -0.2) is 28.8 Å². The number of hydrogen-bond donors (Lipinski definition) is 2. The van der Waals surface area contributed by atoms with Gasteiger partial charge in [-0.15, -0.1) is 5.10 Å². The van der Waals surface area contributed by atoms with E-state index in [9.17, 15) is 0 Å². The second-order valence-electron chi connectivity index (χ2n) is 5.83. The van der Waals surface area contributed by atoms with Crippen molar-refractivity contribution in [2.75, 3.05) is 24.3 Å². The third-order valence-electron chi connectivity index (χ3n) is 4.06. The average Bonchev–Trinajstić information content (AvgIpc) is 2.69. The minimum Gasteiger partial charge on any atom is -0.496 e. The van der Waals surface area contributed by atoms with E-state index >= 15 is 0 Å². The number of benzene rings is 2. The largest absolute Gasteiger partial charge is 0.496 e. The number of para-hydroxylation sites is 1. The van der Waals surface area contributed by atoms with Gasteiger partial charge in [0.15, 0.2) is 5.82 Å². The van der Waals surface area contributed by atoms with Crippen molar-refractivity contribution < 1.29 is 4.74 Å². The zero-order chi connectivity index (χ0) is 18.2. The van der Waals surface area contributed by atoms with E-state index in [0.29, 0.717) is 18.3 Å². The molecule has 3 aromatic rings. The standard InChI is InChI=1S/C20H23N5O/c1-3-15-8-10-17(11-9-15)23-19-14-22-25-20(24-19)21-13-12-16-6-4-5-7-18(16)26-2/h4-11,14H,3,12-13H2,1-2H3,(H2,21,23,24,25). The maximum Gasteiger partial charge on any atom is 0.244 e. The van der Waals surface area contributed by atoms with Gasteiger partial charge in [0.1, 0.15) is 5.75 Å². The van der Waals surface area contributed by atoms with E-state index in [1.165, 1.54) is 5.56 Å². The Kier molecular flexibility index (Phi) is 5.98. The molecule has 0 radical (unpaired) electrons. The van der Waals surface area contributed by atoms with E-state index in [4.69, 9.17) is 4.74 Å². The summed E-state index contributed by atoms with van der Waals surface area (Å²) in [5.41, 5.74) is 3.42. The molecule has 134 valence electrons. The van der Waals surface area contributed by atoms with Gasteiger partial charge in [0.2, 0.25) is 5.95 Å². The highest BCUT2D eigenvalue weighted by molar-refractivity contribution is 5.56. The number of hydrogen-bond acceptors (Lipinski definition) is 6. The molecule has 0 unspecified atom stereocenters. The van der Waals surface area contributed by atoms with E-state index in [-0.39, 0.29) is 0 Å². The van der Waals surface area contributed by atoms with Gasteiger partial charge in [-0.25, -0.2) is 0 Å². The normalized spacial score (nSPS) is 10.4. The second-order valence-corrected chi connectivity index (χ2v) is 5.83. The van der Waals surface area contributed by atoms with Crippen LogP contribution in [0.5, 0.6) is 5.75 Å². The number of methoxy groups -OCH3 is 1. The Morgan fingerprint density at radius 2 is 1.85 bits per heavy atom. The van der Waals surface area contributed by atoms with Crippen molar-refractivity contribution in [3.05, 3.63) is 65.9 Å². The Morgan fingerprint density at radius 1 is 1.04 bits per heavy atom. The molecule has 6 nitrogen and oxygen atoms in total. The lowest BCUT2D eigenvalue weighted by Crippen LogP contribution is -2.10. The molecule has 0 spiro atoms. The van der Waals surface area contributed by atoms with E-state index in [2.05, 4.69) is 50.9 Å². The first-order valence-corrected chi connectivity index (χ1v) is 8.70. The molecule has 0 saturated carbocycles. The van der Waals surface area contributed by atoms with Crippen LogP contribution >= 0.6 is 0 Å². The van der Waals surface area contributed by atoms with Gasteiger partial charge in [0, 0.05) is 12.2 Å². The highest BCUT2D eigenvalue weighted by atomic mass is 16.5. The molecule has 6 heteroatoms. The molecule has 0 aliphatic carbocycles. The molecule has 1 aromatic heterocycles. The third-order valence-corrected chi connectivity index (χ3v) is 4.06. The van der Waals surface area contributed by atoms with E-state index < -0.39 is 0 Å². The lowest BCUT2D eigenvalue weighted by Gasteiger charge is -2.10. The topological polar surface area (TPSA) is 72.0 Å². The van der Waals surface area contributed by atoms with Crippen LogP contribution in [0.2, 0.25) is 0 Å². The quantitative estimate of drug-likeness (QED) is 0.644. The summed E-state index contributed by atoms with van der Waals surface area (Å²) in [6.45, 7) is 2.83. The first kappa shape index (κ1) is 17.7. The van der Waals surface area contributed by atoms with Gasteiger partial charge >= 0.3 is 0 Å². The van der Waals surface area contributed by atoms with Crippen molar-refractivity contribution in [1.82, 2.24) is 15.2 Å². The summed E-state index contributed by atoms with van der Waals surface area (Å²) in [5, 5.41) is 14.5. The number of ether oxygens (including phenoxy) is 1. The van der Waals surface area contributed by atoms with Crippen molar-refractivity contribution >= 4 is 17.5 Å². The minimum atomic E-state index is 0.495. The Balaban J connectivity index is 1.58. The van der Waals surface area contributed by atoms with Crippen molar-refractivity contribution in [2.45, 2.75) is 19.8 Å². The van der Waals surface area contributed by atoms with Crippen LogP contribution in [0.15, 0.2) is 54.7 Å². The fraction of sp³-hybridized carbons (Fsp3) is 0.250. The van der Waals surface area contributed by atoms with Crippen LogP contribution in [0.4, 0.5) is 17.5 Å². The molecule has 2 aromatic carbocycles. The summed E-state index contributed by atoms with van der Waals surface area (Å²) in [6.07, 6.45) is 3.44. The van der Waals surface area contributed by atoms with Crippen molar-refractivity contribution in [1.29, 1.82) is 0 Å². The summed E-state index contributed by atoms with van der Waals surface area (Å²) in [7, 11) is 1.68. The summed E-state index contributed by atoms with van der Waals surface area (Å²) in [5.74, 6) is 2.04. The predicted octanol–water partition coefficient (Wildman–Crippen LogP) is 3.84. The number of nitrogens with zero attached hydrogens (tertiary/aromatic N) is 3. The molecule has 0 amide bonds. The highest BCUT2D eigenvalue weighted by Gasteiger charge is 2.04. The highest BCUT2D eigenvalue weighted by Crippen LogP contribution is 2.18. The van der Waals surface area contributed by atoms with Gasteiger partial charge in [-0.1, -0.05) is 37.3 Å². The van der Waals surface area contributed by atoms with Gasteiger partial charge in [-0.05, 0) is 42.2 Å². The molecule has 26 heavy (non-hydrogen) atoms. The van der Waals surface area contributed by atoms with Crippen LogP contribution in [0, 0.1) is 0 Å². The molecule has 0 bridgehead atoms. The average molecular weight is 349 g/mol. The van der Waals surface area contributed by atoms with Crippen LogP contribution in [-0.2, 0) is 12.8 Å². The fourth-order valence-electron chi connectivity index (χ4n) is 2.63. The third kappa shape index (κ3) is 4.69. The summed E-state index contributed by atoms with van der Waals surface area (Å²) < 4.78 is 5.37. The van der Waals surface area contributed by atoms with E-state index in [1.807, 2.05) is 30.3 Å². The Hall–Kier alpha value is -3.15. The SMILES string of the molecule is CCc1ccc(Nc2cnnc(NCCc3ccccc3OC)n2)cc1. The monoisotopic (exact) mass is 349 g/mol. The van der Waals surface area contributed by atoms with Gasteiger partial charge in [-0.3, -0.25) is 0 Å². The summed E-state index contributed by atoms with van der Waals surface area (Å²) >= 11 is 0. The van der Waals surface area contributed by atoms with Crippen LogP contribution in [0.3, 0.4) is 0 Å². The summed E-state index contributed by atoms with van der Waals surface area (Å²) in [4.78, 5) is 4.46. The van der Waals surface area contributed by atoms with Crippen LogP contribution < -0.4 is 15.4 Å². The molecular formula is C20H23N5O.